The number of carbonyl (C=O) groups excluding carboxylic acids is 1. The van der Waals surface area contributed by atoms with E-state index in [0.717, 1.165) is 23.1 Å². The van der Waals surface area contributed by atoms with Crippen molar-refractivity contribution in [2.24, 2.45) is 5.73 Å². The van der Waals surface area contributed by atoms with Crippen LogP contribution in [0.15, 0.2) is 72.8 Å². The van der Waals surface area contributed by atoms with Crippen molar-refractivity contribution < 1.29 is 9.90 Å². The maximum atomic E-state index is 11.4. The minimum Gasteiger partial charge on any atom is -0.507 e. The van der Waals surface area contributed by atoms with E-state index < -0.39 is 5.91 Å². The van der Waals surface area contributed by atoms with E-state index in [1.54, 1.807) is 0 Å². The number of benzene rings is 3. The van der Waals surface area contributed by atoms with Crippen LogP contribution in [0.4, 0.5) is 0 Å². The highest BCUT2D eigenvalue weighted by Gasteiger charge is 2.13. The summed E-state index contributed by atoms with van der Waals surface area (Å²) in [7, 11) is 0. The van der Waals surface area contributed by atoms with Gasteiger partial charge in [-0.2, -0.15) is 0 Å². The highest BCUT2D eigenvalue weighted by atomic mass is 16.3. The summed E-state index contributed by atoms with van der Waals surface area (Å²) in [5.74, 6) is -0.280. The number of phenols is 1. The van der Waals surface area contributed by atoms with Crippen molar-refractivity contribution in [2.75, 3.05) is 0 Å². The molecule has 0 saturated carbocycles. The number of aromatic hydroxyl groups is 1. The van der Waals surface area contributed by atoms with E-state index in [1.165, 1.54) is 5.56 Å². The summed E-state index contributed by atoms with van der Waals surface area (Å²) in [4.78, 5) is 11.4. The Morgan fingerprint density at radius 2 is 1.28 bits per heavy atom. The molecule has 0 bridgehead atoms. The molecule has 0 aliphatic carbocycles. The molecule has 3 aromatic carbocycles. The molecule has 0 radical (unpaired) electrons. The molecular weight excluding hydrogens is 310 g/mol. The quantitative estimate of drug-likeness (QED) is 0.725. The molecule has 3 heteroatoms. The van der Waals surface area contributed by atoms with Crippen LogP contribution in [-0.4, -0.2) is 11.0 Å². The van der Waals surface area contributed by atoms with Gasteiger partial charge < -0.3 is 10.8 Å². The third-order valence-electron chi connectivity index (χ3n) is 4.18. The number of phenolic OH excluding ortho intramolecular Hbond substituents is 1. The molecule has 0 aliphatic rings. The van der Waals surface area contributed by atoms with Gasteiger partial charge in [0, 0.05) is 12.0 Å². The van der Waals surface area contributed by atoms with Crippen LogP contribution in [0.2, 0.25) is 0 Å². The van der Waals surface area contributed by atoms with Crippen LogP contribution in [0.3, 0.4) is 0 Å². The Kier molecular flexibility index (Phi) is 5.14. The lowest BCUT2D eigenvalue weighted by molar-refractivity contribution is -0.117. The molecule has 0 saturated heterocycles. The summed E-state index contributed by atoms with van der Waals surface area (Å²) in [6.45, 7) is 0. The second-order valence-electron chi connectivity index (χ2n) is 6.23. The SMILES string of the molecule is NC(=O)Cc1cc(Cc2ccccc2)cc(Cc2ccccc2)c1O. The predicted molar refractivity (Wildman–Crippen MR) is 99.5 cm³/mol. The number of amides is 1. The van der Waals surface area contributed by atoms with E-state index in [4.69, 9.17) is 5.73 Å². The van der Waals surface area contributed by atoms with Crippen molar-refractivity contribution in [3.63, 3.8) is 0 Å². The van der Waals surface area contributed by atoms with Gasteiger partial charge in [0.05, 0.1) is 6.42 Å². The summed E-state index contributed by atoms with van der Waals surface area (Å²) in [6.07, 6.45) is 1.39. The normalized spacial score (nSPS) is 10.6. The van der Waals surface area contributed by atoms with Crippen molar-refractivity contribution in [1.82, 2.24) is 0 Å². The number of primary amides is 1. The van der Waals surface area contributed by atoms with Crippen molar-refractivity contribution in [3.05, 3.63) is 101 Å². The molecule has 0 aromatic heterocycles. The first-order valence-corrected chi connectivity index (χ1v) is 8.31. The maximum absolute atomic E-state index is 11.4. The molecule has 0 fully saturated rings. The zero-order chi connectivity index (χ0) is 17.6. The van der Waals surface area contributed by atoms with Crippen LogP contribution in [0.25, 0.3) is 0 Å². The standard InChI is InChI=1S/C22H21NO2/c23-21(24)15-20-14-18(11-16-7-3-1-4-8-16)13-19(22(20)25)12-17-9-5-2-6-10-17/h1-10,13-14,25H,11-12,15H2,(H2,23,24). The Bertz CT molecular complexity index is 858. The predicted octanol–water partition coefficient (Wildman–Crippen LogP) is 3.60. The summed E-state index contributed by atoms with van der Waals surface area (Å²) >= 11 is 0. The van der Waals surface area contributed by atoms with Crippen LogP contribution in [-0.2, 0) is 24.1 Å². The number of carbonyl (C=O) groups is 1. The number of nitrogens with two attached hydrogens (primary N) is 1. The van der Waals surface area contributed by atoms with E-state index in [0.29, 0.717) is 12.0 Å². The first kappa shape index (κ1) is 16.8. The van der Waals surface area contributed by atoms with E-state index >= 15 is 0 Å². The smallest absolute Gasteiger partial charge is 0.221 e. The first-order valence-electron chi connectivity index (χ1n) is 8.31. The molecule has 0 unspecified atom stereocenters. The Morgan fingerprint density at radius 1 is 0.760 bits per heavy atom. The minimum atomic E-state index is -0.446. The summed E-state index contributed by atoms with van der Waals surface area (Å²) in [5.41, 5.74) is 10.1. The topological polar surface area (TPSA) is 63.3 Å². The average molecular weight is 331 g/mol. The fraction of sp³-hybridized carbons (Fsp3) is 0.136. The van der Waals surface area contributed by atoms with Gasteiger partial charge in [-0.1, -0.05) is 72.8 Å². The summed E-state index contributed by atoms with van der Waals surface area (Å²) in [6, 6.07) is 24.0. The summed E-state index contributed by atoms with van der Waals surface area (Å²) in [5, 5.41) is 10.6. The second kappa shape index (κ2) is 7.67. The van der Waals surface area contributed by atoms with E-state index in [2.05, 4.69) is 12.1 Å². The molecule has 126 valence electrons. The van der Waals surface area contributed by atoms with Gasteiger partial charge in [0.15, 0.2) is 0 Å². The Hall–Kier alpha value is -3.07. The van der Waals surface area contributed by atoms with Crippen molar-refractivity contribution in [2.45, 2.75) is 19.3 Å². The zero-order valence-electron chi connectivity index (χ0n) is 14.0. The molecule has 3 N–H and O–H groups in total. The van der Waals surface area contributed by atoms with Crippen LogP contribution in [0, 0.1) is 0 Å². The van der Waals surface area contributed by atoms with Crippen LogP contribution in [0.5, 0.6) is 5.75 Å². The second-order valence-corrected chi connectivity index (χ2v) is 6.23. The Morgan fingerprint density at radius 3 is 1.84 bits per heavy atom. The molecular formula is C22H21NO2. The van der Waals surface area contributed by atoms with Gasteiger partial charge in [0.2, 0.25) is 5.91 Å². The molecule has 0 aliphatic heterocycles. The number of hydrogen-bond acceptors (Lipinski definition) is 2. The van der Waals surface area contributed by atoms with Crippen molar-refractivity contribution >= 4 is 5.91 Å². The largest absolute Gasteiger partial charge is 0.507 e. The molecule has 3 aromatic rings. The lowest BCUT2D eigenvalue weighted by atomic mass is 9.94. The molecule has 25 heavy (non-hydrogen) atoms. The highest BCUT2D eigenvalue weighted by Crippen LogP contribution is 2.28. The number of rotatable bonds is 6. The van der Waals surface area contributed by atoms with Gasteiger partial charge in [-0.25, -0.2) is 0 Å². The fourth-order valence-corrected chi connectivity index (χ4v) is 3.04. The van der Waals surface area contributed by atoms with Gasteiger partial charge in [-0.3, -0.25) is 4.79 Å². The van der Waals surface area contributed by atoms with Crippen LogP contribution < -0.4 is 5.73 Å². The average Bonchev–Trinajstić information content (AvgIpc) is 2.60. The Balaban J connectivity index is 1.97. The lowest BCUT2D eigenvalue weighted by Gasteiger charge is -2.13. The van der Waals surface area contributed by atoms with Crippen molar-refractivity contribution in [1.29, 1.82) is 0 Å². The molecule has 0 spiro atoms. The molecule has 3 nitrogen and oxygen atoms in total. The van der Waals surface area contributed by atoms with Gasteiger partial charge >= 0.3 is 0 Å². The minimum absolute atomic E-state index is 0.0379. The molecule has 0 heterocycles. The van der Waals surface area contributed by atoms with Gasteiger partial charge in [-0.15, -0.1) is 0 Å². The van der Waals surface area contributed by atoms with Gasteiger partial charge in [0.25, 0.3) is 0 Å². The van der Waals surface area contributed by atoms with E-state index in [9.17, 15) is 9.90 Å². The first-order chi connectivity index (χ1) is 12.1. The van der Waals surface area contributed by atoms with E-state index in [-0.39, 0.29) is 12.2 Å². The highest BCUT2D eigenvalue weighted by molar-refractivity contribution is 5.77. The maximum Gasteiger partial charge on any atom is 0.221 e. The van der Waals surface area contributed by atoms with Gasteiger partial charge in [0.1, 0.15) is 5.75 Å². The number of hydrogen-bond donors (Lipinski definition) is 2. The molecule has 3 rings (SSSR count). The van der Waals surface area contributed by atoms with Crippen LogP contribution >= 0.6 is 0 Å². The lowest BCUT2D eigenvalue weighted by Crippen LogP contribution is -2.14. The monoisotopic (exact) mass is 331 g/mol. The van der Waals surface area contributed by atoms with Crippen molar-refractivity contribution in [3.8, 4) is 5.75 Å². The zero-order valence-corrected chi connectivity index (χ0v) is 14.0. The Labute approximate surface area is 147 Å². The van der Waals surface area contributed by atoms with Gasteiger partial charge in [-0.05, 0) is 28.7 Å². The van der Waals surface area contributed by atoms with E-state index in [1.807, 2.05) is 60.7 Å². The summed E-state index contributed by atoms with van der Waals surface area (Å²) < 4.78 is 0. The molecule has 1 amide bonds. The van der Waals surface area contributed by atoms with Crippen LogP contribution in [0.1, 0.15) is 27.8 Å². The third kappa shape index (κ3) is 4.48. The third-order valence-corrected chi connectivity index (χ3v) is 4.18. The molecule has 0 atom stereocenters. The fourth-order valence-electron chi connectivity index (χ4n) is 3.04.